The van der Waals surface area contributed by atoms with E-state index in [2.05, 4.69) is 4.99 Å². The Labute approximate surface area is 176 Å². The lowest BCUT2D eigenvalue weighted by Gasteiger charge is -2.26. The van der Waals surface area contributed by atoms with Gasteiger partial charge in [-0.15, -0.1) is 0 Å². The van der Waals surface area contributed by atoms with Crippen molar-refractivity contribution in [2.75, 3.05) is 26.3 Å². The van der Waals surface area contributed by atoms with E-state index in [0.29, 0.717) is 41.7 Å². The number of aromatic nitrogens is 1. The molecule has 1 amide bonds. The number of carbonyl (C=O) groups is 1. The summed E-state index contributed by atoms with van der Waals surface area (Å²) in [6, 6.07) is 11.4. The fourth-order valence-corrected chi connectivity index (χ4v) is 5.93. The number of thiazole rings is 1. The van der Waals surface area contributed by atoms with Gasteiger partial charge in [0.2, 0.25) is 10.0 Å². The highest BCUT2D eigenvalue weighted by molar-refractivity contribution is 7.89. The molecule has 0 unspecified atom stereocenters. The van der Waals surface area contributed by atoms with Crippen molar-refractivity contribution in [1.29, 1.82) is 0 Å². The Morgan fingerprint density at radius 2 is 1.83 bits per heavy atom. The molecule has 1 saturated heterocycles. The second-order valence-corrected chi connectivity index (χ2v) is 9.84. The number of rotatable bonds is 3. The van der Waals surface area contributed by atoms with E-state index in [-0.39, 0.29) is 4.90 Å². The highest BCUT2D eigenvalue weighted by atomic mass is 35.5. The number of ether oxygens (including phenoxy) is 1. The number of para-hydroxylation sites is 1. The van der Waals surface area contributed by atoms with Crippen LogP contribution in [0.3, 0.4) is 0 Å². The zero-order valence-electron chi connectivity index (χ0n) is 15.5. The topological polar surface area (TPSA) is 81.0 Å². The smallest absolute Gasteiger partial charge is 0.279 e. The summed E-state index contributed by atoms with van der Waals surface area (Å²) in [4.78, 5) is 17.5. The van der Waals surface area contributed by atoms with Crippen LogP contribution in [0, 0.1) is 0 Å². The second kappa shape index (κ2) is 8.00. The van der Waals surface area contributed by atoms with Gasteiger partial charge in [-0.1, -0.05) is 29.0 Å². The van der Waals surface area contributed by atoms with Crippen molar-refractivity contribution < 1.29 is 17.9 Å². The first-order valence-corrected chi connectivity index (χ1v) is 11.5. The van der Waals surface area contributed by atoms with Gasteiger partial charge in [-0.05, 0) is 36.4 Å². The fraction of sp³-hybridized carbons (Fsp3) is 0.263. The van der Waals surface area contributed by atoms with E-state index < -0.39 is 15.9 Å². The Hall–Kier alpha value is -2.04. The van der Waals surface area contributed by atoms with Crippen LogP contribution < -0.4 is 4.80 Å². The highest BCUT2D eigenvalue weighted by Crippen LogP contribution is 2.24. The molecular formula is C19H18ClN3O4S2. The van der Waals surface area contributed by atoms with Gasteiger partial charge in [0.05, 0.1) is 33.3 Å². The third-order valence-corrected chi connectivity index (χ3v) is 7.99. The monoisotopic (exact) mass is 451 g/mol. The van der Waals surface area contributed by atoms with E-state index in [1.165, 1.54) is 39.9 Å². The first-order chi connectivity index (χ1) is 13.9. The molecule has 1 aliphatic rings. The molecule has 10 heteroatoms. The van der Waals surface area contributed by atoms with E-state index >= 15 is 0 Å². The van der Waals surface area contributed by atoms with Crippen molar-refractivity contribution in [3.05, 3.63) is 57.9 Å². The third-order valence-electron chi connectivity index (χ3n) is 4.68. The SMILES string of the molecule is Cn1c(=NC(=O)c2ccc(S(=O)(=O)N3CCOCC3)cc2)sc2cccc(Cl)c21. The molecule has 4 rings (SSSR count). The molecular weight excluding hydrogens is 434 g/mol. The summed E-state index contributed by atoms with van der Waals surface area (Å²) < 4.78 is 34.7. The lowest BCUT2D eigenvalue weighted by molar-refractivity contribution is 0.0730. The summed E-state index contributed by atoms with van der Waals surface area (Å²) in [6.07, 6.45) is 0. The number of nitrogens with zero attached hydrogens (tertiary/aromatic N) is 3. The van der Waals surface area contributed by atoms with Crippen LogP contribution in [0.25, 0.3) is 10.2 Å². The van der Waals surface area contributed by atoms with Crippen molar-refractivity contribution in [2.45, 2.75) is 4.90 Å². The van der Waals surface area contributed by atoms with Crippen molar-refractivity contribution in [3.8, 4) is 0 Å². The van der Waals surface area contributed by atoms with E-state index in [0.717, 1.165) is 10.2 Å². The van der Waals surface area contributed by atoms with Crippen LogP contribution in [0.15, 0.2) is 52.4 Å². The quantitative estimate of drug-likeness (QED) is 0.613. The van der Waals surface area contributed by atoms with E-state index in [4.69, 9.17) is 16.3 Å². The number of hydrogen-bond acceptors (Lipinski definition) is 5. The van der Waals surface area contributed by atoms with Gasteiger partial charge in [0.15, 0.2) is 4.80 Å². The van der Waals surface area contributed by atoms with Crippen molar-refractivity contribution in [2.24, 2.45) is 12.0 Å². The Balaban J connectivity index is 1.63. The highest BCUT2D eigenvalue weighted by Gasteiger charge is 2.26. The van der Waals surface area contributed by atoms with Crippen LogP contribution >= 0.6 is 22.9 Å². The minimum Gasteiger partial charge on any atom is -0.379 e. The normalized spacial score (nSPS) is 16.4. The molecule has 0 aliphatic carbocycles. The molecule has 2 aromatic carbocycles. The van der Waals surface area contributed by atoms with Crippen molar-refractivity contribution in [3.63, 3.8) is 0 Å². The summed E-state index contributed by atoms with van der Waals surface area (Å²) in [5.41, 5.74) is 1.13. The molecule has 0 atom stereocenters. The van der Waals surface area contributed by atoms with Crippen LogP contribution in [0.5, 0.6) is 0 Å². The molecule has 7 nitrogen and oxygen atoms in total. The Morgan fingerprint density at radius 3 is 2.48 bits per heavy atom. The van der Waals surface area contributed by atoms with Crippen molar-refractivity contribution >= 4 is 49.1 Å². The maximum Gasteiger partial charge on any atom is 0.279 e. The van der Waals surface area contributed by atoms with Crippen LogP contribution in [0.4, 0.5) is 0 Å². The maximum absolute atomic E-state index is 12.7. The largest absolute Gasteiger partial charge is 0.379 e. The van der Waals surface area contributed by atoms with Gasteiger partial charge in [-0.3, -0.25) is 4.79 Å². The first kappa shape index (κ1) is 20.2. The number of aryl methyl sites for hydroxylation is 1. The maximum atomic E-state index is 12.7. The molecule has 3 aromatic rings. The fourth-order valence-electron chi connectivity index (χ4n) is 3.12. The third kappa shape index (κ3) is 3.88. The van der Waals surface area contributed by atoms with E-state index in [9.17, 15) is 13.2 Å². The molecule has 152 valence electrons. The van der Waals surface area contributed by atoms with Gasteiger partial charge in [0.1, 0.15) is 0 Å². The molecule has 0 saturated carbocycles. The first-order valence-electron chi connectivity index (χ1n) is 8.89. The van der Waals surface area contributed by atoms with Gasteiger partial charge in [0, 0.05) is 25.7 Å². The summed E-state index contributed by atoms with van der Waals surface area (Å²) in [5.74, 6) is -0.446. The zero-order valence-corrected chi connectivity index (χ0v) is 17.9. The average molecular weight is 452 g/mol. The average Bonchev–Trinajstić information content (AvgIpc) is 3.05. The van der Waals surface area contributed by atoms with Gasteiger partial charge < -0.3 is 9.30 Å². The van der Waals surface area contributed by atoms with Gasteiger partial charge in [-0.2, -0.15) is 9.30 Å². The van der Waals surface area contributed by atoms with Gasteiger partial charge >= 0.3 is 0 Å². The molecule has 0 N–H and O–H groups in total. The lowest BCUT2D eigenvalue weighted by atomic mass is 10.2. The molecule has 0 radical (unpaired) electrons. The molecule has 1 aromatic heterocycles. The summed E-state index contributed by atoms with van der Waals surface area (Å²) >= 11 is 7.61. The second-order valence-electron chi connectivity index (χ2n) is 6.49. The summed E-state index contributed by atoms with van der Waals surface area (Å²) in [7, 11) is -1.80. The number of fused-ring (bicyclic) bond motifs is 1. The number of carbonyl (C=O) groups excluding carboxylic acids is 1. The lowest BCUT2D eigenvalue weighted by Crippen LogP contribution is -2.40. The number of morpholine rings is 1. The molecule has 0 spiro atoms. The zero-order chi connectivity index (χ0) is 20.6. The summed E-state index contributed by atoms with van der Waals surface area (Å²) in [6.45, 7) is 1.41. The molecule has 1 aliphatic heterocycles. The van der Waals surface area contributed by atoms with Crippen LogP contribution in [0.1, 0.15) is 10.4 Å². The molecule has 2 heterocycles. The van der Waals surface area contributed by atoms with Crippen LogP contribution in [0.2, 0.25) is 5.02 Å². The predicted molar refractivity (Wildman–Crippen MR) is 112 cm³/mol. The predicted octanol–water partition coefficient (Wildman–Crippen LogP) is 2.66. The minimum absolute atomic E-state index is 0.148. The van der Waals surface area contributed by atoms with Crippen LogP contribution in [-0.2, 0) is 21.8 Å². The van der Waals surface area contributed by atoms with E-state index in [1.54, 1.807) is 17.7 Å². The number of sulfonamides is 1. The minimum atomic E-state index is -3.60. The van der Waals surface area contributed by atoms with Gasteiger partial charge in [0.25, 0.3) is 5.91 Å². The molecule has 0 bridgehead atoms. The van der Waals surface area contributed by atoms with Gasteiger partial charge in [-0.25, -0.2) is 8.42 Å². The molecule has 1 fully saturated rings. The van der Waals surface area contributed by atoms with Crippen LogP contribution in [-0.4, -0.2) is 49.5 Å². The molecule has 29 heavy (non-hydrogen) atoms. The number of halogens is 1. The Morgan fingerprint density at radius 1 is 1.14 bits per heavy atom. The van der Waals surface area contributed by atoms with Crippen molar-refractivity contribution in [1.82, 2.24) is 8.87 Å². The summed E-state index contributed by atoms with van der Waals surface area (Å²) in [5, 5.41) is 0.591. The number of amides is 1. The Kier molecular flexibility index (Phi) is 5.58. The Bertz CT molecular complexity index is 1240. The number of benzene rings is 2. The standard InChI is InChI=1S/C19H18ClN3O4S2/c1-22-17-15(20)3-2-4-16(17)28-19(22)21-18(24)13-5-7-14(8-6-13)29(25,26)23-9-11-27-12-10-23/h2-8H,9-12H2,1H3. The van der Waals surface area contributed by atoms with E-state index in [1.807, 2.05) is 12.1 Å². The number of hydrogen-bond donors (Lipinski definition) is 0.